The molecule has 1 nitrogen and oxygen atoms in total. The number of hydrogen-bond donors (Lipinski definition) is 1. The Kier molecular flexibility index (Phi) is 5.59. The third kappa shape index (κ3) is 4.67. The Morgan fingerprint density at radius 3 is 2.06 bits per heavy atom. The molecule has 0 spiro atoms. The molecule has 4 heteroatoms. The highest BCUT2D eigenvalue weighted by Gasteiger charge is 2.18. The van der Waals surface area contributed by atoms with Crippen molar-refractivity contribution in [2.75, 3.05) is 6.54 Å². The lowest BCUT2D eigenvalue weighted by molar-refractivity contribution is 0.313. The summed E-state index contributed by atoms with van der Waals surface area (Å²) < 4.78 is 0. The molecule has 1 aromatic rings. The van der Waals surface area contributed by atoms with Crippen molar-refractivity contribution >= 4 is 34.8 Å². The molecule has 96 valence electrons. The molecule has 0 fully saturated rings. The van der Waals surface area contributed by atoms with E-state index in [9.17, 15) is 0 Å². The highest BCUT2D eigenvalue weighted by Crippen LogP contribution is 2.33. The van der Waals surface area contributed by atoms with E-state index in [-0.39, 0.29) is 5.41 Å². The average Bonchev–Trinajstić information content (AvgIpc) is 2.15. The van der Waals surface area contributed by atoms with Crippen LogP contribution in [0.1, 0.15) is 32.3 Å². The Morgan fingerprint density at radius 2 is 1.59 bits per heavy atom. The molecular formula is C13H18Cl3N. The molecule has 2 N–H and O–H groups in total. The molecule has 0 saturated heterocycles. The van der Waals surface area contributed by atoms with E-state index in [2.05, 4.69) is 13.8 Å². The van der Waals surface area contributed by atoms with Crippen LogP contribution in [-0.4, -0.2) is 6.54 Å². The second-order valence-electron chi connectivity index (χ2n) is 5.05. The zero-order valence-electron chi connectivity index (χ0n) is 10.2. The zero-order valence-corrected chi connectivity index (χ0v) is 12.5. The molecule has 17 heavy (non-hydrogen) atoms. The lowest BCUT2D eigenvalue weighted by atomic mass is 9.83. The summed E-state index contributed by atoms with van der Waals surface area (Å²) in [6.45, 7) is 5.12. The second-order valence-corrected chi connectivity index (χ2v) is 6.30. The fraction of sp³-hybridized carbons (Fsp3) is 0.538. The number of rotatable bonds is 5. The summed E-state index contributed by atoms with van der Waals surface area (Å²) >= 11 is 18.2. The predicted octanol–water partition coefficient (Wildman–Crippen LogP) is 4.95. The Bertz CT molecular complexity index is 365. The van der Waals surface area contributed by atoms with E-state index in [0.717, 1.165) is 24.8 Å². The van der Waals surface area contributed by atoms with Crippen molar-refractivity contribution in [1.29, 1.82) is 0 Å². The molecule has 0 atom stereocenters. The Labute approximate surface area is 118 Å². The SMILES string of the molecule is CC(C)(CCN)CCc1c(Cl)cc(Cl)cc1Cl. The van der Waals surface area contributed by atoms with Crippen molar-refractivity contribution < 1.29 is 0 Å². The van der Waals surface area contributed by atoms with Crippen LogP contribution < -0.4 is 5.73 Å². The second kappa shape index (κ2) is 6.29. The Morgan fingerprint density at radius 1 is 1.06 bits per heavy atom. The quantitative estimate of drug-likeness (QED) is 0.816. The molecule has 0 aliphatic heterocycles. The maximum atomic E-state index is 6.15. The minimum atomic E-state index is 0.209. The first kappa shape index (κ1) is 15.1. The largest absolute Gasteiger partial charge is 0.330 e. The van der Waals surface area contributed by atoms with Crippen molar-refractivity contribution in [2.24, 2.45) is 11.1 Å². The van der Waals surface area contributed by atoms with Gasteiger partial charge in [0.2, 0.25) is 0 Å². The molecule has 0 amide bonds. The van der Waals surface area contributed by atoms with Gasteiger partial charge in [-0.25, -0.2) is 0 Å². The lowest BCUT2D eigenvalue weighted by Gasteiger charge is -2.24. The molecule has 0 aliphatic carbocycles. The van der Waals surface area contributed by atoms with Crippen LogP contribution in [0.4, 0.5) is 0 Å². The summed E-state index contributed by atoms with van der Waals surface area (Å²) in [5.41, 5.74) is 6.78. The van der Waals surface area contributed by atoms with E-state index in [1.807, 2.05) is 0 Å². The van der Waals surface area contributed by atoms with E-state index >= 15 is 0 Å². The fourth-order valence-corrected chi connectivity index (χ4v) is 2.80. The van der Waals surface area contributed by atoms with Gasteiger partial charge in [0.25, 0.3) is 0 Å². The Balaban J connectivity index is 2.76. The van der Waals surface area contributed by atoms with Crippen LogP contribution in [0.3, 0.4) is 0 Å². The summed E-state index contributed by atoms with van der Waals surface area (Å²) in [5, 5.41) is 1.86. The zero-order chi connectivity index (χ0) is 13.1. The van der Waals surface area contributed by atoms with Gasteiger partial charge in [-0.15, -0.1) is 0 Å². The molecule has 0 heterocycles. The van der Waals surface area contributed by atoms with Crippen LogP contribution in [-0.2, 0) is 6.42 Å². The van der Waals surface area contributed by atoms with Gasteiger partial charge in [-0.3, -0.25) is 0 Å². The standard InChI is InChI=1S/C13H18Cl3N/c1-13(2,5-6-17)4-3-10-11(15)7-9(14)8-12(10)16/h7-8H,3-6,17H2,1-2H3. The first-order valence-electron chi connectivity index (χ1n) is 5.69. The van der Waals surface area contributed by atoms with E-state index in [4.69, 9.17) is 40.5 Å². The summed E-state index contributed by atoms with van der Waals surface area (Å²) in [7, 11) is 0. The minimum Gasteiger partial charge on any atom is -0.330 e. The first-order valence-corrected chi connectivity index (χ1v) is 6.82. The predicted molar refractivity (Wildman–Crippen MR) is 77.2 cm³/mol. The van der Waals surface area contributed by atoms with Gasteiger partial charge >= 0.3 is 0 Å². The van der Waals surface area contributed by atoms with E-state index < -0.39 is 0 Å². The van der Waals surface area contributed by atoms with E-state index in [1.165, 1.54) is 0 Å². The highest BCUT2D eigenvalue weighted by atomic mass is 35.5. The topological polar surface area (TPSA) is 26.0 Å². The lowest BCUT2D eigenvalue weighted by Crippen LogP contribution is -2.18. The van der Waals surface area contributed by atoms with E-state index in [0.29, 0.717) is 21.6 Å². The molecule has 0 aliphatic rings. The van der Waals surface area contributed by atoms with Gasteiger partial charge in [-0.2, -0.15) is 0 Å². The third-order valence-electron chi connectivity index (χ3n) is 2.98. The van der Waals surface area contributed by atoms with Gasteiger partial charge < -0.3 is 5.73 Å². The molecular weight excluding hydrogens is 277 g/mol. The summed E-state index contributed by atoms with van der Waals surface area (Å²) in [4.78, 5) is 0. The van der Waals surface area contributed by atoms with Crippen LogP contribution in [0.15, 0.2) is 12.1 Å². The monoisotopic (exact) mass is 293 g/mol. The van der Waals surface area contributed by atoms with Crippen molar-refractivity contribution in [1.82, 2.24) is 0 Å². The van der Waals surface area contributed by atoms with E-state index in [1.54, 1.807) is 12.1 Å². The molecule has 0 radical (unpaired) electrons. The maximum absolute atomic E-state index is 6.15. The minimum absolute atomic E-state index is 0.209. The summed E-state index contributed by atoms with van der Waals surface area (Å²) in [6.07, 6.45) is 2.85. The molecule has 0 unspecified atom stereocenters. The maximum Gasteiger partial charge on any atom is 0.0467 e. The van der Waals surface area contributed by atoms with Crippen LogP contribution in [0.2, 0.25) is 15.1 Å². The number of hydrogen-bond acceptors (Lipinski definition) is 1. The molecule has 0 saturated carbocycles. The van der Waals surface area contributed by atoms with Gasteiger partial charge in [-0.1, -0.05) is 48.7 Å². The Hall–Kier alpha value is 0.0500. The number of halogens is 3. The summed E-state index contributed by atoms with van der Waals surface area (Å²) in [6, 6.07) is 3.47. The molecule has 0 bridgehead atoms. The number of nitrogens with two attached hydrogens (primary N) is 1. The fourth-order valence-electron chi connectivity index (χ4n) is 1.79. The van der Waals surface area contributed by atoms with Gasteiger partial charge in [0.05, 0.1) is 0 Å². The van der Waals surface area contributed by atoms with Crippen LogP contribution in [0, 0.1) is 5.41 Å². The highest BCUT2D eigenvalue weighted by molar-refractivity contribution is 6.39. The van der Waals surface area contributed by atoms with Crippen molar-refractivity contribution in [3.63, 3.8) is 0 Å². The van der Waals surface area contributed by atoms with Gasteiger partial charge in [-0.05, 0) is 48.9 Å². The van der Waals surface area contributed by atoms with Crippen LogP contribution in [0.25, 0.3) is 0 Å². The smallest absolute Gasteiger partial charge is 0.0467 e. The normalized spacial score (nSPS) is 11.9. The van der Waals surface area contributed by atoms with Crippen molar-refractivity contribution in [3.8, 4) is 0 Å². The van der Waals surface area contributed by atoms with Crippen molar-refractivity contribution in [2.45, 2.75) is 33.1 Å². The van der Waals surface area contributed by atoms with Gasteiger partial charge in [0, 0.05) is 15.1 Å². The average molecular weight is 295 g/mol. The molecule has 0 aromatic heterocycles. The molecule has 1 rings (SSSR count). The van der Waals surface area contributed by atoms with Crippen molar-refractivity contribution in [3.05, 3.63) is 32.8 Å². The third-order valence-corrected chi connectivity index (χ3v) is 3.87. The van der Waals surface area contributed by atoms with Crippen LogP contribution in [0.5, 0.6) is 0 Å². The molecule has 1 aromatic carbocycles. The number of benzene rings is 1. The van der Waals surface area contributed by atoms with Gasteiger partial charge in [0.15, 0.2) is 0 Å². The summed E-state index contributed by atoms with van der Waals surface area (Å²) in [5.74, 6) is 0. The van der Waals surface area contributed by atoms with Gasteiger partial charge in [0.1, 0.15) is 0 Å². The first-order chi connectivity index (χ1) is 7.85. The van der Waals surface area contributed by atoms with Crippen LogP contribution >= 0.6 is 34.8 Å².